The summed E-state index contributed by atoms with van der Waals surface area (Å²) in [6, 6.07) is 0.412. The van der Waals surface area contributed by atoms with Gasteiger partial charge in [0.15, 0.2) is 0 Å². The number of aromatic nitrogens is 3. The lowest BCUT2D eigenvalue weighted by Gasteiger charge is -2.23. The van der Waals surface area contributed by atoms with Crippen molar-refractivity contribution in [3.05, 3.63) is 12.2 Å². The molecule has 2 rings (SSSR count). The van der Waals surface area contributed by atoms with Crippen molar-refractivity contribution < 1.29 is 0 Å². The Hall–Kier alpha value is -0.900. The molecule has 1 aliphatic heterocycles. The van der Waals surface area contributed by atoms with E-state index in [1.165, 1.54) is 12.8 Å². The fourth-order valence-electron chi connectivity index (χ4n) is 2.02. The largest absolute Gasteiger partial charge is 0.316 e. The highest BCUT2D eigenvalue weighted by Crippen LogP contribution is 2.22. The molecule has 0 unspecified atom stereocenters. The number of piperidine rings is 1. The number of nitrogens with one attached hydrogen (secondary N) is 1. The van der Waals surface area contributed by atoms with Crippen molar-refractivity contribution in [2.75, 3.05) is 13.1 Å². The second-order valence-corrected chi connectivity index (χ2v) is 4.20. The SMILES string of the molecule is CC(C)n1ncnc1[C@H]1CCCNC1. The molecule has 0 radical (unpaired) electrons. The van der Waals surface area contributed by atoms with Crippen molar-refractivity contribution in [2.24, 2.45) is 0 Å². The highest BCUT2D eigenvalue weighted by atomic mass is 15.3. The molecule has 1 fully saturated rings. The van der Waals surface area contributed by atoms with Gasteiger partial charge in [-0.2, -0.15) is 5.10 Å². The van der Waals surface area contributed by atoms with Crippen LogP contribution in [0.1, 0.15) is 44.5 Å². The quantitative estimate of drug-likeness (QED) is 0.772. The van der Waals surface area contributed by atoms with Gasteiger partial charge in [-0.25, -0.2) is 9.67 Å². The Labute approximate surface area is 84.7 Å². The molecule has 0 aromatic carbocycles. The second-order valence-electron chi connectivity index (χ2n) is 4.20. The molecule has 1 aliphatic rings. The van der Waals surface area contributed by atoms with Crippen LogP contribution in [-0.4, -0.2) is 27.9 Å². The van der Waals surface area contributed by atoms with Crippen molar-refractivity contribution in [3.8, 4) is 0 Å². The first kappa shape index (κ1) is 9.65. The van der Waals surface area contributed by atoms with E-state index < -0.39 is 0 Å². The Morgan fingerprint density at radius 2 is 2.43 bits per heavy atom. The third kappa shape index (κ3) is 1.80. The molecule has 78 valence electrons. The van der Waals surface area contributed by atoms with Gasteiger partial charge in [0.05, 0.1) is 0 Å². The average molecular weight is 194 g/mol. The van der Waals surface area contributed by atoms with Gasteiger partial charge < -0.3 is 5.32 Å². The summed E-state index contributed by atoms with van der Waals surface area (Å²) in [6.45, 7) is 6.49. The van der Waals surface area contributed by atoms with Gasteiger partial charge in [-0.15, -0.1) is 0 Å². The molecule has 0 aliphatic carbocycles. The van der Waals surface area contributed by atoms with Crippen LogP contribution in [0.2, 0.25) is 0 Å². The molecule has 0 bridgehead atoms. The van der Waals surface area contributed by atoms with Crippen molar-refractivity contribution in [3.63, 3.8) is 0 Å². The van der Waals surface area contributed by atoms with Crippen LogP contribution in [0.5, 0.6) is 0 Å². The molecule has 1 aromatic rings. The predicted octanol–water partition coefficient (Wildman–Crippen LogP) is 1.33. The average Bonchev–Trinajstić information content (AvgIpc) is 2.67. The Morgan fingerprint density at radius 3 is 3.07 bits per heavy atom. The summed E-state index contributed by atoms with van der Waals surface area (Å²) < 4.78 is 2.04. The van der Waals surface area contributed by atoms with E-state index in [0.29, 0.717) is 12.0 Å². The van der Waals surface area contributed by atoms with E-state index in [1.54, 1.807) is 6.33 Å². The third-order valence-electron chi connectivity index (χ3n) is 2.75. The zero-order chi connectivity index (χ0) is 9.97. The minimum absolute atomic E-state index is 0.412. The van der Waals surface area contributed by atoms with Crippen molar-refractivity contribution in [1.82, 2.24) is 20.1 Å². The minimum Gasteiger partial charge on any atom is -0.316 e. The molecular weight excluding hydrogens is 176 g/mol. The molecule has 4 heteroatoms. The van der Waals surface area contributed by atoms with Gasteiger partial charge in [0, 0.05) is 18.5 Å². The Kier molecular flexibility index (Phi) is 2.82. The number of rotatable bonds is 2. The molecule has 1 N–H and O–H groups in total. The lowest BCUT2D eigenvalue weighted by Crippen LogP contribution is -2.30. The van der Waals surface area contributed by atoms with E-state index >= 15 is 0 Å². The van der Waals surface area contributed by atoms with E-state index in [1.807, 2.05) is 4.68 Å². The van der Waals surface area contributed by atoms with Crippen LogP contribution >= 0.6 is 0 Å². The summed E-state index contributed by atoms with van der Waals surface area (Å²) in [6.07, 6.45) is 4.15. The fraction of sp³-hybridized carbons (Fsp3) is 0.800. The van der Waals surface area contributed by atoms with Gasteiger partial charge in [0.25, 0.3) is 0 Å². The van der Waals surface area contributed by atoms with Crippen LogP contribution < -0.4 is 5.32 Å². The monoisotopic (exact) mass is 194 g/mol. The van der Waals surface area contributed by atoms with E-state index in [2.05, 4.69) is 29.2 Å². The van der Waals surface area contributed by atoms with Crippen molar-refractivity contribution >= 4 is 0 Å². The van der Waals surface area contributed by atoms with Crippen LogP contribution in [0, 0.1) is 0 Å². The van der Waals surface area contributed by atoms with Crippen LogP contribution in [0.4, 0.5) is 0 Å². The van der Waals surface area contributed by atoms with Crippen LogP contribution in [0.25, 0.3) is 0 Å². The molecule has 0 amide bonds. The highest BCUT2D eigenvalue weighted by molar-refractivity contribution is 4.99. The first-order valence-electron chi connectivity index (χ1n) is 5.39. The molecule has 0 spiro atoms. The van der Waals surface area contributed by atoms with Gasteiger partial charge in [-0.05, 0) is 33.2 Å². The van der Waals surface area contributed by atoms with Crippen LogP contribution in [0.3, 0.4) is 0 Å². The van der Waals surface area contributed by atoms with Gasteiger partial charge in [0.1, 0.15) is 12.2 Å². The molecular formula is C10H18N4. The number of nitrogens with zero attached hydrogens (tertiary/aromatic N) is 3. The molecule has 2 heterocycles. The van der Waals surface area contributed by atoms with Crippen molar-refractivity contribution in [1.29, 1.82) is 0 Å². The molecule has 14 heavy (non-hydrogen) atoms. The lowest BCUT2D eigenvalue weighted by atomic mass is 9.99. The Morgan fingerprint density at radius 1 is 1.57 bits per heavy atom. The zero-order valence-electron chi connectivity index (χ0n) is 8.90. The molecule has 1 saturated heterocycles. The maximum Gasteiger partial charge on any atom is 0.138 e. The minimum atomic E-state index is 0.412. The van der Waals surface area contributed by atoms with E-state index in [-0.39, 0.29) is 0 Å². The summed E-state index contributed by atoms with van der Waals surface area (Å²) in [5.74, 6) is 1.70. The van der Waals surface area contributed by atoms with Gasteiger partial charge in [-0.1, -0.05) is 0 Å². The van der Waals surface area contributed by atoms with Crippen LogP contribution in [0.15, 0.2) is 6.33 Å². The van der Waals surface area contributed by atoms with E-state index in [0.717, 1.165) is 18.9 Å². The lowest BCUT2D eigenvalue weighted by molar-refractivity contribution is 0.407. The first-order chi connectivity index (χ1) is 6.79. The zero-order valence-corrected chi connectivity index (χ0v) is 8.90. The third-order valence-corrected chi connectivity index (χ3v) is 2.75. The summed E-state index contributed by atoms with van der Waals surface area (Å²) in [5.41, 5.74) is 0. The Balaban J connectivity index is 2.17. The normalized spacial score (nSPS) is 22.9. The van der Waals surface area contributed by atoms with E-state index in [4.69, 9.17) is 0 Å². The molecule has 4 nitrogen and oxygen atoms in total. The van der Waals surface area contributed by atoms with Crippen molar-refractivity contribution in [2.45, 2.75) is 38.6 Å². The number of hydrogen-bond donors (Lipinski definition) is 1. The maximum atomic E-state index is 4.37. The van der Waals surface area contributed by atoms with Gasteiger partial charge in [-0.3, -0.25) is 0 Å². The summed E-state index contributed by atoms with van der Waals surface area (Å²) in [4.78, 5) is 4.37. The molecule has 0 saturated carbocycles. The van der Waals surface area contributed by atoms with Crippen LogP contribution in [-0.2, 0) is 0 Å². The summed E-state index contributed by atoms with van der Waals surface area (Å²) in [7, 11) is 0. The highest BCUT2D eigenvalue weighted by Gasteiger charge is 2.21. The predicted molar refractivity (Wildman–Crippen MR) is 55.3 cm³/mol. The summed E-state index contributed by atoms with van der Waals surface area (Å²) in [5, 5.41) is 7.68. The van der Waals surface area contributed by atoms with Gasteiger partial charge in [0.2, 0.25) is 0 Å². The summed E-state index contributed by atoms with van der Waals surface area (Å²) >= 11 is 0. The van der Waals surface area contributed by atoms with E-state index in [9.17, 15) is 0 Å². The molecule has 1 aromatic heterocycles. The molecule has 1 atom stereocenters. The first-order valence-corrected chi connectivity index (χ1v) is 5.39. The maximum absolute atomic E-state index is 4.37. The smallest absolute Gasteiger partial charge is 0.138 e. The van der Waals surface area contributed by atoms with Gasteiger partial charge >= 0.3 is 0 Å². The standard InChI is InChI=1S/C10H18N4/c1-8(2)14-10(12-7-13-14)9-4-3-5-11-6-9/h7-9,11H,3-6H2,1-2H3/t9-/m0/s1. The topological polar surface area (TPSA) is 42.7 Å². The Bertz CT molecular complexity index is 286. The number of hydrogen-bond acceptors (Lipinski definition) is 3. The second kappa shape index (κ2) is 4.09. The fourth-order valence-corrected chi connectivity index (χ4v) is 2.02.